The van der Waals surface area contributed by atoms with Crippen LogP contribution >= 0.6 is 0 Å². The maximum absolute atomic E-state index is 5.56. The predicted octanol–water partition coefficient (Wildman–Crippen LogP) is 1.60. The van der Waals surface area contributed by atoms with Crippen LogP contribution in [0.3, 0.4) is 0 Å². The average Bonchev–Trinajstić information content (AvgIpc) is 2.28. The van der Waals surface area contributed by atoms with Crippen molar-refractivity contribution in [2.75, 3.05) is 20.3 Å². The standard InChI is InChI=1S/C12H20N2O2/c1-4-13-7-11-5-6-12(14-8-11)16-10(2)9-15-3/h5-6,8,10,13H,4,7,9H2,1-3H3. The average molecular weight is 224 g/mol. The topological polar surface area (TPSA) is 43.4 Å². The molecule has 4 heteroatoms. The minimum Gasteiger partial charge on any atom is -0.472 e. The van der Waals surface area contributed by atoms with Gasteiger partial charge in [0, 0.05) is 25.9 Å². The van der Waals surface area contributed by atoms with Crippen LogP contribution in [0.25, 0.3) is 0 Å². The van der Waals surface area contributed by atoms with Crippen molar-refractivity contribution in [2.45, 2.75) is 26.5 Å². The van der Waals surface area contributed by atoms with Crippen LogP contribution in [-0.2, 0) is 11.3 Å². The summed E-state index contributed by atoms with van der Waals surface area (Å²) in [4.78, 5) is 4.24. The molecular formula is C12H20N2O2. The van der Waals surface area contributed by atoms with Crippen LogP contribution in [0, 0.1) is 0 Å². The predicted molar refractivity (Wildman–Crippen MR) is 63.6 cm³/mol. The van der Waals surface area contributed by atoms with Crippen LogP contribution in [0.1, 0.15) is 19.4 Å². The number of nitrogens with one attached hydrogen (secondary N) is 1. The van der Waals surface area contributed by atoms with Gasteiger partial charge in [-0.05, 0) is 19.0 Å². The van der Waals surface area contributed by atoms with Crippen molar-refractivity contribution in [2.24, 2.45) is 0 Å². The van der Waals surface area contributed by atoms with Gasteiger partial charge in [0.1, 0.15) is 6.10 Å². The van der Waals surface area contributed by atoms with E-state index >= 15 is 0 Å². The first kappa shape index (κ1) is 12.9. The summed E-state index contributed by atoms with van der Waals surface area (Å²) in [5.74, 6) is 0.643. The molecule has 0 aliphatic heterocycles. The molecule has 1 N–H and O–H groups in total. The highest BCUT2D eigenvalue weighted by Gasteiger charge is 2.03. The van der Waals surface area contributed by atoms with Crippen molar-refractivity contribution < 1.29 is 9.47 Å². The Kier molecular flexibility index (Phi) is 5.82. The third-order valence-electron chi connectivity index (χ3n) is 2.10. The highest BCUT2D eigenvalue weighted by atomic mass is 16.5. The van der Waals surface area contributed by atoms with E-state index in [1.165, 1.54) is 0 Å². The lowest BCUT2D eigenvalue weighted by Crippen LogP contribution is -2.18. The number of ether oxygens (including phenoxy) is 2. The van der Waals surface area contributed by atoms with Gasteiger partial charge in [-0.3, -0.25) is 0 Å². The van der Waals surface area contributed by atoms with Crippen molar-refractivity contribution in [1.82, 2.24) is 10.3 Å². The molecule has 0 amide bonds. The second-order valence-corrected chi connectivity index (χ2v) is 3.67. The molecule has 1 atom stereocenters. The molecule has 1 aromatic rings. The molecule has 0 bridgehead atoms. The number of rotatable bonds is 7. The Hall–Kier alpha value is -1.13. The van der Waals surface area contributed by atoms with Gasteiger partial charge in [0.25, 0.3) is 0 Å². The second kappa shape index (κ2) is 7.19. The van der Waals surface area contributed by atoms with Crippen molar-refractivity contribution >= 4 is 0 Å². The Morgan fingerprint density at radius 2 is 2.25 bits per heavy atom. The maximum atomic E-state index is 5.56. The smallest absolute Gasteiger partial charge is 0.213 e. The first-order valence-electron chi connectivity index (χ1n) is 5.57. The monoisotopic (exact) mass is 224 g/mol. The van der Waals surface area contributed by atoms with E-state index in [4.69, 9.17) is 9.47 Å². The fraction of sp³-hybridized carbons (Fsp3) is 0.583. The van der Waals surface area contributed by atoms with E-state index < -0.39 is 0 Å². The van der Waals surface area contributed by atoms with E-state index in [0.29, 0.717) is 12.5 Å². The van der Waals surface area contributed by atoms with Crippen LogP contribution in [-0.4, -0.2) is 31.3 Å². The third-order valence-corrected chi connectivity index (χ3v) is 2.10. The zero-order chi connectivity index (χ0) is 11.8. The molecule has 0 fully saturated rings. The molecule has 1 heterocycles. The molecule has 1 unspecified atom stereocenters. The number of nitrogens with zero attached hydrogens (tertiary/aromatic N) is 1. The van der Waals surface area contributed by atoms with Gasteiger partial charge in [0.05, 0.1) is 6.61 Å². The molecule has 0 saturated carbocycles. The maximum Gasteiger partial charge on any atom is 0.213 e. The molecule has 0 aliphatic rings. The molecule has 1 rings (SSSR count). The second-order valence-electron chi connectivity index (χ2n) is 3.67. The quantitative estimate of drug-likeness (QED) is 0.764. The van der Waals surface area contributed by atoms with Crippen LogP contribution < -0.4 is 10.1 Å². The zero-order valence-electron chi connectivity index (χ0n) is 10.2. The lowest BCUT2D eigenvalue weighted by molar-refractivity contribution is 0.0889. The largest absolute Gasteiger partial charge is 0.472 e. The minimum atomic E-state index is 0.0251. The highest BCUT2D eigenvalue weighted by Crippen LogP contribution is 2.09. The number of aromatic nitrogens is 1. The van der Waals surface area contributed by atoms with Gasteiger partial charge in [0.15, 0.2) is 0 Å². The van der Waals surface area contributed by atoms with E-state index in [1.54, 1.807) is 7.11 Å². The van der Waals surface area contributed by atoms with E-state index in [-0.39, 0.29) is 6.10 Å². The Morgan fingerprint density at radius 1 is 1.44 bits per heavy atom. The first-order chi connectivity index (χ1) is 7.76. The molecule has 90 valence electrons. The summed E-state index contributed by atoms with van der Waals surface area (Å²) < 4.78 is 10.5. The summed E-state index contributed by atoms with van der Waals surface area (Å²) in [6.07, 6.45) is 1.86. The summed E-state index contributed by atoms with van der Waals surface area (Å²) in [5, 5.41) is 3.24. The number of hydrogen-bond donors (Lipinski definition) is 1. The Balaban J connectivity index is 2.44. The summed E-state index contributed by atoms with van der Waals surface area (Å²) >= 11 is 0. The van der Waals surface area contributed by atoms with Gasteiger partial charge in [-0.15, -0.1) is 0 Å². The molecule has 16 heavy (non-hydrogen) atoms. The van der Waals surface area contributed by atoms with Crippen molar-refractivity contribution in [1.29, 1.82) is 0 Å². The fourth-order valence-corrected chi connectivity index (χ4v) is 1.33. The number of hydrogen-bond acceptors (Lipinski definition) is 4. The third kappa shape index (κ3) is 4.59. The summed E-state index contributed by atoms with van der Waals surface area (Å²) in [7, 11) is 1.66. The Morgan fingerprint density at radius 3 is 2.81 bits per heavy atom. The lowest BCUT2D eigenvalue weighted by atomic mass is 10.3. The van der Waals surface area contributed by atoms with Crippen molar-refractivity contribution in [3.8, 4) is 5.88 Å². The SMILES string of the molecule is CCNCc1ccc(OC(C)COC)nc1. The molecule has 0 spiro atoms. The first-order valence-corrected chi connectivity index (χ1v) is 5.57. The van der Waals surface area contributed by atoms with Crippen molar-refractivity contribution in [3.63, 3.8) is 0 Å². The normalized spacial score (nSPS) is 12.4. The molecule has 4 nitrogen and oxygen atoms in total. The molecule has 0 aromatic carbocycles. The molecule has 0 saturated heterocycles. The van der Waals surface area contributed by atoms with Crippen molar-refractivity contribution in [3.05, 3.63) is 23.9 Å². The zero-order valence-corrected chi connectivity index (χ0v) is 10.2. The highest BCUT2D eigenvalue weighted by molar-refractivity contribution is 5.17. The summed E-state index contributed by atoms with van der Waals surface area (Å²) in [5.41, 5.74) is 1.16. The van der Waals surface area contributed by atoms with Crippen LogP contribution in [0.2, 0.25) is 0 Å². The van der Waals surface area contributed by atoms with E-state index in [0.717, 1.165) is 18.7 Å². The van der Waals surface area contributed by atoms with Gasteiger partial charge >= 0.3 is 0 Å². The van der Waals surface area contributed by atoms with Gasteiger partial charge < -0.3 is 14.8 Å². The number of pyridine rings is 1. The fourth-order valence-electron chi connectivity index (χ4n) is 1.33. The van der Waals surface area contributed by atoms with Crippen LogP contribution in [0.5, 0.6) is 5.88 Å². The van der Waals surface area contributed by atoms with Gasteiger partial charge in [-0.1, -0.05) is 13.0 Å². The lowest BCUT2D eigenvalue weighted by Gasteiger charge is -2.12. The summed E-state index contributed by atoms with van der Waals surface area (Å²) in [6.45, 7) is 6.41. The molecular weight excluding hydrogens is 204 g/mol. The number of methoxy groups -OCH3 is 1. The van der Waals surface area contributed by atoms with Gasteiger partial charge in [0.2, 0.25) is 5.88 Å². The van der Waals surface area contributed by atoms with Crippen LogP contribution in [0.15, 0.2) is 18.3 Å². The van der Waals surface area contributed by atoms with Gasteiger partial charge in [-0.25, -0.2) is 4.98 Å². The van der Waals surface area contributed by atoms with E-state index in [9.17, 15) is 0 Å². The Bertz CT molecular complexity index is 288. The van der Waals surface area contributed by atoms with E-state index in [2.05, 4.69) is 17.2 Å². The Labute approximate surface area is 97.0 Å². The van der Waals surface area contributed by atoms with E-state index in [1.807, 2.05) is 25.3 Å². The summed E-state index contributed by atoms with van der Waals surface area (Å²) in [6, 6.07) is 3.91. The minimum absolute atomic E-state index is 0.0251. The molecule has 0 radical (unpaired) electrons. The molecule has 0 aliphatic carbocycles. The van der Waals surface area contributed by atoms with Gasteiger partial charge in [-0.2, -0.15) is 0 Å². The molecule has 1 aromatic heterocycles. The van der Waals surface area contributed by atoms with Crippen LogP contribution in [0.4, 0.5) is 0 Å².